The van der Waals surface area contributed by atoms with Gasteiger partial charge in [0.25, 0.3) is 11.5 Å². The topological polar surface area (TPSA) is 119 Å². The highest BCUT2D eigenvalue weighted by atomic mass is 32.1. The highest BCUT2D eigenvalue weighted by Crippen LogP contribution is 2.27. The van der Waals surface area contributed by atoms with Crippen molar-refractivity contribution in [2.24, 2.45) is 0 Å². The van der Waals surface area contributed by atoms with Crippen LogP contribution in [0.5, 0.6) is 0 Å². The monoisotopic (exact) mass is 612 g/mol. The fourth-order valence-corrected chi connectivity index (χ4v) is 5.93. The van der Waals surface area contributed by atoms with Crippen molar-refractivity contribution in [2.75, 3.05) is 36.8 Å². The molecule has 0 spiro atoms. The first kappa shape index (κ1) is 31.5. The highest BCUT2D eigenvalue weighted by molar-refractivity contribution is 7.07. The van der Waals surface area contributed by atoms with Crippen LogP contribution < -0.4 is 30.7 Å². The number of piperidine rings is 1. The van der Waals surface area contributed by atoms with Crippen LogP contribution in [0.4, 0.5) is 24.5 Å². The SMILES string of the molecule is CCn1c(=C(C#N)C(=O)NCC(F)(F)F)sc(=CNc2cccc(NC(=O)CN3CCC(c4ccccc4)CC3)c2)c1=O. The zero-order valence-corrected chi connectivity index (χ0v) is 24.2. The van der Waals surface area contributed by atoms with E-state index in [0.29, 0.717) is 17.3 Å². The summed E-state index contributed by atoms with van der Waals surface area (Å²) in [6.45, 7) is 2.05. The average Bonchev–Trinajstić information content (AvgIpc) is 3.30. The Morgan fingerprint density at radius 2 is 1.79 bits per heavy atom. The van der Waals surface area contributed by atoms with Gasteiger partial charge in [-0.05, 0) is 62.5 Å². The fraction of sp³-hybridized carbons (Fsp3) is 0.333. The van der Waals surface area contributed by atoms with E-state index in [9.17, 15) is 32.8 Å². The third-order valence-corrected chi connectivity index (χ3v) is 8.10. The van der Waals surface area contributed by atoms with Crippen molar-refractivity contribution < 1.29 is 22.8 Å². The van der Waals surface area contributed by atoms with Crippen LogP contribution >= 0.6 is 11.3 Å². The van der Waals surface area contributed by atoms with Crippen molar-refractivity contribution in [2.45, 2.75) is 38.4 Å². The van der Waals surface area contributed by atoms with Crippen LogP contribution in [0.1, 0.15) is 31.2 Å². The van der Waals surface area contributed by atoms with Gasteiger partial charge in [-0.2, -0.15) is 18.4 Å². The second kappa shape index (κ2) is 14.2. The van der Waals surface area contributed by atoms with Crippen LogP contribution in [-0.4, -0.2) is 53.6 Å². The van der Waals surface area contributed by atoms with Gasteiger partial charge >= 0.3 is 6.18 Å². The molecule has 1 aromatic heterocycles. The van der Waals surface area contributed by atoms with Crippen molar-refractivity contribution in [1.29, 1.82) is 5.26 Å². The molecule has 0 atom stereocenters. The van der Waals surface area contributed by atoms with E-state index < -0.39 is 29.8 Å². The number of hydrogen-bond acceptors (Lipinski definition) is 7. The predicted molar refractivity (Wildman–Crippen MR) is 160 cm³/mol. The molecular weight excluding hydrogens is 581 g/mol. The van der Waals surface area contributed by atoms with E-state index in [1.54, 1.807) is 42.6 Å². The summed E-state index contributed by atoms with van der Waals surface area (Å²) in [6.07, 6.45) is -1.28. The normalized spacial score (nSPS) is 15.5. The minimum atomic E-state index is -4.65. The molecule has 2 amide bonds. The molecule has 43 heavy (non-hydrogen) atoms. The maximum atomic E-state index is 12.9. The van der Waals surface area contributed by atoms with Gasteiger partial charge in [0.15, 0.2) is 5.57 Å². The third-order valence-electron chi connectivity index (χ3n) is 6.97. The van der Waals surface area contributed by atoms with Gasteiger partial charge in [-0.3, -0.25) is 23.9 Å². The average molecular weight is 613 g/mol. The molecule has 226 valence electrons. The molecule has 3 aromatic rings. The molecule has 9 nitrogen and oxygen atoms in total. The number of nitrogens with one attached hydrogen (secondary N) is 3. The number of carbonyl (C=O) groups is 2. The molecule has 1 saturated heterocycles. The first-order valence-corrected chi connectivity index (χ1v) is 14.5. The van der Waals surface area contributed by atoms with Crippen LogP contribution in [0.3, 0.4) is 0 Å². The van der Waals surface area contributed by atoms with E-state index in [1.807, 2.05) is 18.2 Å². The van der Waals surface area contributed by atoms with Gasteiger partial charge in [0.1, 0.15) is 21.8 Å². The van der Waals surface area contributed by atoms with E-state index in [0.717, 1.165) is 41.8 Å². The number of nitriles is 1. The Morgan fingerprint density at radius 1 is 1.09 bits per heavy atom. The van der Waals surface area contributed by atoms with E-state index in [1.165, 1.54) is 11.8 Å². The number of likely N-dealkylation sites (tertiary alicyclic amines) is 1. The number of halogens is 3. The second-order valence-corrected chi connectivity index (χ2v) is 11.0. The molecule has 1 aliphatic heterocycles. The molecule has 4 rings (SSSR count). The summed E-state index contributed by atoms with van der Waals surface area (Å²) < 4.78 is 38.9. The summed E-state index contributed by atoms with van der Waals surface area (Å²) in [5, 5.41) is 17.0. The third kappa shape index (κ3) is 8.56. The lowest BCUT2D eigenvalue weighted by molar-refractivity contribution is -0.135. The lowest BCUT2D eigenvalue weighted by atomic mass is 9.89. The van der Waals surface area contributed by atoms with Crippen molar-refractivity contribution in [3.8, 4) is 6.07 Å². The van der Waals surface area contributed by atoms with Crippen molar-refractivity contribution in [3.63, 3.8) is 0 Å². The van der Waals surface area contributed by atoms with Crippen molar-refractivity contribution >= 4 is 46.3 Å². The Kier molecular flexibility index (Phi) is 10.4. The van der Waals surface area contributed by atoms with Gasteiger partial charge in [0.2, 0.25) is 5.91 Å². The molecule has 13 heteroatoms. The highest BCUT2D eigenvalue weighted by Gasteiger charge is 2.29. The lowest BCUT2D eigenvalue weighted by Gasteiger charge is -2.31. The molecule has 0 saturated carbocycles. The Morgan fingerprint density at radius 3 is 2.44 bits per heavy atom. The number of carbonyl (C=O) groups excluding carboxylic acids is 2. The Bertz CT molecular complexity index is 1670. The maximum Gasteiger partial charge on any atom is 0.405 e. The van der Waals surface area contributed by atoms with Gasteiger partial charge in [-0.25, -0.2) is 0 Å². The van der Waals surface area contributed by atoms with Crippen LogP contribution in [0.25, 0.3) is 11.8 Å². The summed E-state index contributed by atoms with van der Waals surface area (Å²) in [5.74, 6) is -0.862. The van der Waals surface area contributed by atoms with E-state index in [-0.39, 0.29) is 28.2 Å². The fourth-order valence-electron chi connectivity index (χ4n) is 4.85. The van der Waals surface area contributed by atoms with Crippen LogP contribution in [0.2, 0.25) is 0 Å². The first-order chi connectivity index (χ1) is 20.6. The predicted octanol–water partition coefficient (Wildman–Crippen LogP) is 2.95. The maximum absolute atomic E-state index is 12.9. The van der Waals surface area contributed by atoms with Gasteiger partial charge in [0, 0.05) is 24.1 Å². The smallest absolute Gasteiger partial charge is 0.360 e. The van der Waals surface area contributed by atoms with Crippen LogP contribution in [0, 0.1) is 11.3 Å². The number of aromatic nitrogens is 1. The standard InChI is InChI=1S/C30H31F3N6O3S/c1-2-39-28(42)25(43-29(39)24(16-34)27(41)36-19-30(31,32)33)17-35-22-9-6-10-23(15-22)37-26(40)18-38-13-11-21(12-14-38)20-7-4-3-5-8-20/h3-10,15,17,21,35H,2,11-14,18-19H2,1H3,(H,36,41)(H,37,40). The van der Waals surface area contributed by atoms with E-state index in [2.05, 4.69) is 27.7 Å². The zero-order valence-electron chi connectivity index (χ0n) is 23.4. The Hall–Kier alpha value is -4.41. The van der Waals surface area contributed by atoms with Gasteiger partial charge < -0.3 is 16.0 Å². The molecular formula is C30H31F3N6O3S. The minimum Gasteiger partial charge on any atom is -0.360 e. The number of amides is 2. The zero-order chi connectivity index (χ0) is 31.0. The summed E-state index contributed by atoms with van der Waals surface area (Å²) in [7, 11) is 0. The minimum absolute atomic E-state index is 0.0449. The number of thiazole rings is 1. The number of rotatable bonds is 9. The first-order valence-electron chi connectivity index (χ1n) is 13.7. The molecule has 0 radical (unpaired) electrons. The van der Waals surface area contributed by atoms with Gasteiger partial charge in [-0.1, -0.05) is 36.4 Å². The van der Waals surface area contributed by atoms with Crippen molar-refractivity contribution in [3.05, 3.63) is 79.7 Å². The summed E-state index contributed by atoms with van der Waals surface area (Å²) in [4.78, 5) is 40.1. The Labute approximate surface area is 249 Å². The Balaban J connectivity index is 1.41. The van der Waals surface area contributed by atoms with E-state index in [4.69, 9.17) is 0 Å². The second-order valence-electron chi connectivity index (χ2n) is 9.98. The molecule has 2 aromatic carbocycles. The van der Waals surface area contributed by atoms with Crippen molar-refractivity contribution in [1.82, 2.24) is 14.8 Å². The van der Waals surface area contributed by atoms with Crippen LogP contribution in [-0.2, 0) is 16.1 Å². The van der Waals surface area contributed by atoms with E-state index >= 15 is 0 Å². The molecule has 0 aliphatic carbocycles. The molecule has 1 aliphatic rings. The summed E-state index contributed by atoms with van der Waals surface area (Å²) in [5.41, 5.74) is 1.36. The largest absolute Gasteiger partial charge is 0.405 e. The number of hydrogen-bond donors (Lipinski definition) is 3. The lowest BCUT2D eigenvalue weighted by Crippen LogP contribution is -2.38. The quantitative estimate of drug-likeness (QED) is 0.342. The molecule has 1 fully saturated rings. The van der Waals surface area contributed by atoms with Gasteiger partial charge in [-0.15, -0.1) is 11.3 Å². The molecule has 0 unspecified atom stereocenters. The van der Waals surface area contributed by atoms with Crippen LogP contribution in [0.15, 0.2) is 59.4 Å². The molecule has 2 heterocycles. The number of anilines is 2. The summed E-state index contributed by atoms with van der Waals surface area (Å²) >= 11 is 0.813. The molecule has 3 N–H and O–H groups in total. The summed E-state index contributed by atoms with van der Waals surface area (Å²) in [6, 6.07) is 18.9. The number of benzene rings is 2. The molecule has 0 bridgehead atoms. The number of nitrogens with zero attached hydrogens (tertiary/aromatic N) is 3. The number of alkyl halides is 3. The van der Waals surface area contributed by atoms with Gasteiger partial charge in [0.05, 0.1) is 6.54 Å².